The van der Waals surface area contributed by atoms with Gasteiger partial charge in [-0.3, -0.25) is 0 Å². The number of aliphatic hydroxyl groups excluding tert-OH is 1. The summed E-state index contributed by atoms with van der Waals surface area (Å²) in [6.07, 6.45) is -0.737. The Balaban J connectivity index is 2.70. The molecule has 2 nitrogen and oxygen atoms in total. The van der Waals surface area contributed by atoms with Gasteiger partial charge in [0.1, 0.15) is 18.5 Å². The van der Waals surface area contributed by atoms with Gasteiger partial charge in [-0.25, -0.2) is 0 Å². The first-order valence-electron chi connectivity index (χ1n) is 3.59. The van der Waals surface area contributed by atoms with Crippen LogP contribution in [0.5, 0.6) is 5.75 Å². The summed E-state index contributed by atoms with van der Waals surface area (Å²) in [6.45, 7) is 0.176. The highest BCUT2D eigenvalue weighted by Gasteiger charge is 2.28. The minimum Gasteiger partial charge on any atom is -0.489 e. The van der Waals surface area contributed by atoms with E-state index in [1.807, 2.05) is 0 Å². The van der Waals surface area contributed by atoms with Gasteiger partial charge in [0.15, 0.2) is 0 Å². The Kier molecular flexibility index (Phi) is 2.32. The lowest BCUT2D eigenvalue weighted by atomic mass is 10.1. The number of hydrogen-bond acceptors (Lipinski definition) is 2. The Hall–Kier alpha value is -0.150. The highest BCUT2D eigenvalue weighted by atomic mass is 35.5. The first-order valence-corrected chi connectivity index (χ1v) is 4.73. The molecule has 0 bridgehead atoms. The summed E-state index contributed by atoms with van der Waals surface area (Å²) in [7, 11) is 0. The summed E-state index contributed by atoms with van der Waals surface area (Å²) in [6, 6.07) is 1.50. The van der Waals surface area contributed by atoms with Crippen LogP contribution in [0.25, 0.3) is 0 Å². The minimum atomic E-state index is -0.737. The van der Waals surface area contributed by atoms with Crippen LogP contribution in [0.4, 0.5) is 0 Å². The van der Waals surface area contributed by atoms with E-state index < -0.39 is 6.10 Å². The summed E-state index contributed by atoms with van der Waals surface area (Å²) in [5.41, 5.74) is 0.485. The maximum atomic E-state index is 9.48. The number of rotatable bonds is 0. The minimum absolute atomic E-state index is 0.176. The highest BCUT2D eigenvalue weighted by Crippen LogP contribution is 2.45. The lowest BCUT2D eigenvalue weighted by Gasteiger charge is -2.06. The average Bonchev–Trinajstić information content (AvgIpc) is 2.44. The first-order chi connectivity index (χ1) is 6.11. The number of hydrogen-bond donors (Lipinski definition) is 1. The SMILES string of the molecule is OC1COc2c(Cl)cc(Cl)c(Cl)c21. The third-order valence-corrected chi connectivity index (χ3v) is 2.96. The number of aliphatic hydroxyl groups is 1. The lowest BCUT2D eigenvalue weighted by molar-refractivity contribution is 0.140. The second-order valence-corrected chi connectivity index (χ2v) is 3.92. The van der Waals surface area contributed by atoms with E-state index >= 15 is 0 Å². The van der Waals surface area contributed by atoms with Crippen LogP contribution in [0.2, 0.25) is 15.1 Å². The topological polar surface area (TPSA) is 29.5 Å². The Morgan fingerprint density at radius 3 is 2.69 bits per heavy atom. The van der Waals surface area contributed by atoms with Crippen molar-refractivity contribution in [1.29, 1.82) is 0 Å². The van der Waals surface area contributed by atoms with Crippen LogP contribution in [0.3, 0.4) is 0 Å². The average molecular weight is 239 g/mol. The molecule has 1 unspecified atom stereocenters. The van der Waals surface area contributed by atoms with Crippen LogP contribution in [-0.4, -0.2) is 11.7 Å². The summed E-state index contributed by atoms with van der Waals surface area (Å²) in [5.74, 6) is 0.434. The molecule has 0 aliphatic carbocycles. The van der Waals surface area contributed by atoms with Crippen LogP contribution < -0.4 is 4.74 Å². The van der Waals surface area contributed by atoms with Crippen molar-refractivity contribution < 1.29 is 9.84 Å². The fourth-order valence-electron chi connectivity index (χ4n) is 1.29. The van der Waals surface area contributed by atoms with Gasteiger partial charge >= 0.3 is 0 Å². The molecule has 0 aromatic heterocycles. The molecule has 1 aromatic carbocycles. The lowest BCUT2D eigenvalue weighted by Crippen LogP contribution is -1.97. The van der Waals surface area contributed by atoms with Crippen molar-refractivity contribution in [3.05, 3.63) is 26.7 Å². The van der Waals surface area contributed by atoms with Gasteiger partial charge in [-0.05, 0) is 6.07 Å². The summed E-state index contributed by atoms with van der Waals surface area (Å²) < 4.78 is 5.15. The highest BCUT2D eigenvalue weighted by molar-refractivity contribution is 6.44. The van der Waals surface area contributed by atoms with Crippen molar-refractivity contribution >= 4 is 34.8 Å². The molecule has 1 heterocycles. The molecule has 0 saturated heterocycles. The zero-order chi connectivity index (χ0) is 9.59. The van der Waals surface area contributed by atoms with Gasteiger partial charge in [-0.2, -0.15) is 0 Å². The molecule has 1 atom stereocenters. The molecule has 1 aromatic rings. The third kappa shape index (κ3) is 1.38. The summed E-state index contributed by atoms with van der Waals surface area (Å²) in [5, 5.41) is 10.5. The van der Waals surface area contributed by atoms with Crippen molar-refractivity contribution in [2.45, 2.75) is 6.10 Å². The molecule has 0 spiro atoms. The van der Waals surface area contributed by atoms with Gasteiger partial charge in [0.25, 0.3) is 0 Å². The first kappa shape index (κ1) is 9.41. The number of fused-ring (bicyclic) bond motifs is 1. The predicted molar refractivity (Wildman–Crippen MR) is 51.9 cm³/mol. The van der Waals surface area contributed by atoms with E-state index in [1.165, 1.54) is 6.07 Å². The monoisotopic (exact) mass is 238 g/mol. The summed E-state index contributed by atoms with van der Waals surface area (Å²) >= 11 is 17.5. The molecule has 1 aliphatic rings. The zero-order valence-corrected chi connectivity index (χ0v) is 8.62. The predicted octanol–water partition coefficient (Wildman–Crippen LogP) is 3.07. The quantitative estimate of drug-likeness (QED) is 0.705. The van der Waals surface area contributed by atoms with Crippen molar-refractivity contribution in [3.8, 4) is 5.75 Å². The Morgan fingerprint density at radius 2 is 2.00 bits per heavy atom. The van der Waals surface area contributed by atoms with Crippen LogP contribution in [0, 0.1) is 0 Å². The van der Waals surface area contributed by atoms with E-state index in [0.29, 0.717) is 26.4 Å². The van der Waals surface area contributed by atoms with Crippen molar-refractivity contribution in [2.24, 2.45) is 0 Å². The maximum absolute atomic E-state index is 9.48. The van der Waals surface area contributed by atoms with E-state index in [0.717, 1.165) is 0 Å². The largest absolute Gasteiger partial charge is 0.489 e. The van der Waals surface area contributed by atoms with Gasteiger partial charge in [0, 0.05) is 5.56 Å². The molecule has 1 N–H and O–H groups in total. The van der Waals surface area contributed by atoms with Gasteiger partial charge < -0.3 is 9.84 Å². The standard InChI is InChI=1S/C8H5Cl3O2/c9-3-1-4(10)8-6(7(3)11)5(12)2-13-8/h1,5,12H,2H2. The van der Waals surface area contributed by atoms with E-state index in [4.69, 9.17) is 39.5 Å². The maximum Gasteiger partial charge on any atom is 0.145 e. The van der Waals surface area contributed by atoms with E-state index in [9.17, 15) is 5.11 Å². The Bertz CT molecular complexity index is 365. The Labute approximate surface area is 90.0 Å². The van der Waals surface area contributed by atoms with Gasteiger partial charge in [-0.1, -0.05) is 34.8 Å². The number of halogens is 3. The fourth-order valence-corrected chi connectivity index (χ4v) is 2.09. The van der Waals surface area contributed by atoms with Gasteiger partial charge in [-0.15, -0.1) is 0 Å². The Morgan fingerprint density at radius 1 is 1.31 bits per heavy atom. The molecule has 0 saturated carbocycles. The number of benzene rings is 1. The second kappa shape index (κ2) is 3.21. The molecule has 2 rings (SSSR count). The summed E-state index contributed by atoms with van der Waals surface area (Å²) in [4.78, 5) is 0. The van der Waals surface area contributed by atoms with Gasteiger partial charge in [0.2, 0.25) is 0 Å². The van der Waals surface area contributed by atoms with Crippen molar-refractivity contribution in [3.63, 3.8) is 0 Å². The molecule has 5 heteroatoms. The molecule has 13 heavy (non-hydrogen) atoms. The molecule has 1 aliphatic heterocycles. The smallest absolute Gasteiger partial charge is 0.145 e. The van der Waals surface area contributed by atoms with Crippen molar-refractivity contribution in [2.75, 3.05) is 6.61 Å². The van der Waals surface area contributed by atoms with Crippen molar-refractivity contribution in [1.82, 2.24) is 0 Å². The van der Waals surface area contributed by atoms with Gasteiger partial charge in [0.05, 0.1) is 15.1 Å². The number of ether oxygens (including phenoxy) is 1. The van der Waals surface area contributed by atoms with Crippen LogP contribution in [-0.2, 0) is 0 Å². The van der Waals surface area contributed by atoms with E-state index in [1.54, 1.807) is 0 Å². The molecule has 70 valence electrons. The molecular formula is C8H5Cl3O2. The molecule has 0 fully saturated rings. The normalized spacial score (nSPS) is 19.8. The van der Waals surface area contributed by atoms with Crippen LogP contribution >= 0.6 is 34.8 Å². The fraction of sp³-hybridized carbons (Fsp3) is 0.250. The van der Waals surface area contributed by atoms with E-state index in [-0.39, 0.29) is 6.61 Å². The molecule has 0 radical (unpaired) electrons. The third-order valence-electron chi connectivity index (χ3n) is 1.88. The zero-order valence-electron chi connectivity index (χ0n) is 6.35. The molecule has 0 amide bonds. The van der Waals surface area contributed by atoms with E-state index in [2.05, 4.69) is 0 Å². The second-order valence-electron chi connectivity index (χ2n) is 2.72. The molecular weight excluding hydrogens is 234 g/mol. The van der Waals surface area contributed by atoms with Crippen LogP contribution in [0.1, 0.15) is 11.7 Å². The van der Waals surface area contributed by atoms with Crippen LogP contribution in [0.15, 0.2) is 6.07 Å².